The minimum Gasteiger partial charge on any atom is -0.508 e. The van der Waals surface area contributed by atoms with E-state index in [-0.39, 0.29) is 5.75 Å². The van der Waals surface area contributed by atoms with Gasteiger partial charge in [-0.2, -0.15) is 0 Å². The fraction of sp³-hybridized carbons (Fsp3) is 0.0909. The smallest absolute Gasteiger partial charge is 0.276 e. The molecule has 0 bridgehead atoms. The molecule has 3 heterocycles. The number of carbonyl (C=O) groups excluding carboxylic acids is 2. The number of benzene rings is 3. The van der Waals surface area contributed by atoms with E-state index in [4.69, 9.17) is 5.84 Å². The number of amides is 2. The first-order chi connectivity index (χ1) is 13.9. The van der Waals surface area contributed by atoms with Crippen LogP contribution in [0.1, 0.15) is 26.3 Å². The summed E-state index contributed by atoms with van der Waals surface area (Å²) in [5, 5.41) is 14.0. The first-order valence-electron chi connectivity index (χ1n) is 9.22. The number of rotatable bonds is 0. The van der Waals surface area contributed by atoms with E-state index in [1.807, 2.05) is 42.8 Å². The summed E-state index contributed by atoms with van der Waals surface area (Å²) in [6, 6.07) is 11.1. The Labute approximate surface area is 163 Å². The molecule has 0 spiro atoms. The van der Waals surface area contributed by atoms with Crippen molar-refractivity contribution in [2.45, 2.75) is 6.92 Å². The van der Waals surface area contributed by atoms with Gasteiger partial charge in [-0.3, -0.25) is 9.59 Å². The zero-order chi connectivity index (χ0) is 20.2. The molecule has 6 rings (SSSR count). The summed E-state index contributed by atoms with van der Waals surface area (Å²) in [4.78, 5) is 29.5. The standard InChI is InChI=1S/C22H16N4O3/c1-9-13(27)8-7-11-15-17-16(21(28)26(23)22(17)29)14-10-5-3-4-6-12(10)24-18(14)20(15)25(2)19(9)11/h3-8,24,27H,23H2,1-2H3. The lowest BCUT2D eigenvalue weighted by molar-refractivity contribution is 0.0655. The maximum absolute atomic E-state index is 13.0. The number of aryl methyl sites for hydroxylation is 2. The largest absolute Gasteiger partial charge is 0.508 e. The van der Waals surface area contributed by atoms with Crippen LogP contribution in [0.15, 0.2) is 36.4 Å². The van der Waals surface area contributed by atoms with Crippen LogP contribution in [-0.4, -0.2) is 31.5 Å². The van der Waals surface area contributed by atoms with E-state index in [1.54, 1.807) is 12.1 Å². The Morgan fingerprint density at radius 1 is 0.931 bits per heavy atom. The lowest BCUT2D eigenvalue weighted by Crippen LogP contribution is -2.36. The van der Waals surface area contributed by atoms with Gasteiger partial charge in [-0.1, -0.05) is 18.2 Å². The van der Waals surface area contributed by atoms with Crippen LogP contribution in [0.5, 0.6) is 5.75 Å². The van der Waals surface area contributed by atoms with Crippen LogP contribution in [-0.2, 0) is 7.05 Å². The van der Waals surface area contributed by atoms with E-state index in [9.17, 15) is 14.7 Å². The first-order valence-corrected chi connectivity index (χ1v) is 9.22. The average Bonchev–Trinajstić information content (AvgIpc) is 3.30. The van der Waals surface area contributed by atoms with Crippen LogP contribution in [0.2, 0.25) is 0 Å². The molecule has 4 N–H and O–H groups in total. The number of aromatic nitrogens is 2. The zero-order valence-corrected chi connectivity index (χ0v) is 15.7. The van der Waals surface area contributed by atoms with Gasteiger partial charge in [0.15, 0.2) is 0 Å². The highest BCUT2D eigenvalue weighted by Gasteiger charge is 2.40. The number of nitrogens with two attached hydrogens (primary N) is 1. The van der Waals surface area contributed by atoms with Gasteiger partial charge in [-0.05, 0) is 25.1 Å². The van der Waals surface area contributed by atoms with Gasteiger partial charge in [-0.25, -0.2) is 10.9 Å². The van der Waals surface area contributed by atoms with Crippen molar-refractivity contribution in [1.82, 2.24) is 14.6 Å². The minimum atomic E-state index is -0.514. The highest BCUT2D eigenvalue weighted by Crippen LogP contribution is 2.45. The second-order valence-electron chi connectivity index (χ2n) is 7.54. The van der Waals surface area contributed by atoms with Gasteiger partial charge in [0.25, 0.3) is 11.8 Å². The predicted octanol–water partition coefficient (Wildman–Crippen LogP) is 3.45. The van der Waals surface area contributed by atoms with E-state index in [1.165, 1.54) is 0 Å². The van der Waals surface area contributed by atoms with Gasteiger partial charge in [0, 0.05) is 39.7 Å². The highest BCUT2D eigenvalue weighted by molar-refractivity contribution is 6.39. The molecule has 1 aliphatic heterocycles. The van der Waals surface area contributed by atoms with Gasteiger partial charge in [0.05, 0.1) is 27.7 Å². The van der Waals surface area contributed by atoms with Crippen LogP contribution in [0, 0.1) is 6.92 Å². The van der Waals surface area contributed by atoms with Crippen LogP contribution in [0.25, 0.3) is 43.6 Å². The van der Waals surface area contributed by atoms with Gasteiger partial charge >= 0.3 is 0 Å². The maximum atomic E-state index is 13.0. The Morgan fingerprint density at radius 3 is 2.38 bits per heavy atom. The number of hydrogen-bond acceptors (Lipinski definition) is 4. The number of imide groups is 1. The summed E-state index contributed by atoms with van der Waals surface area (Å²) in [5.41, 5.74) is 4.61. The molecule has 142 valence electrons. The summed E-state index contributed by atoms with van der Waals surface area (Å²) in [6.45, 7) is 1.83. The van der Waals surface area contributed by atoms with Crippen molar-refractivity contribution in [3.8, 4) is 5.75 Å². The molecule has 0 radical (unpaired) electrons. The molecule has 2 amide bonds. The molecule has 0 saturated heterocycles. The molecular formula is C22H16N4O3. The number of carbonyl (C=O) groups is 2. The van der Waals surface area contributed by atoms with Crippen LogP contribution in [0.3, 0.4) is 0 Å². The molecular weight excluding hydrogens is 368 g/mol. The third-order valence-corrected chi connectivity index (χ3v) is 6.14. The van der Waals surface area contributed by atoms with Crippen molar-refractivity contribution in [2.75, 3.05) is 0 Å². The van der Waals surface area contributed by atoms with Gasteiger partial charge in [0.2, 0.25) is 0 Å². The number of aromatic amines is 1. The molecule has 0 unspecified atom stereocenters. The Balaban J connectivity index is 2.04. The van der Waals surface area contributed by atoms with Crippen molar-refractivity contribution in [3.63, 3.8) is 0 Å². The second kappa shape index (κ2) is 4.95. The molecule has 2 aromatic heterocycles. The predicted molar refractivity (Wildman–Crippen MR) is 111 cm³/mol. The Hall–Kier alpha value is -3.84. The Morgan fingerprint density at radius 2 is 1.62 bits per heavy atom. The summed E-state index contributed by atoms with van der Waals surface area (Å²) >= 11 is 0. The van der Waals surface area contributed by atoms with Crippen molar-refractivity contribution in [1.29, 1.82) is 0 Å². The number of fused-ring (bicyclic) bond motifs is 10. The first kappa shape index (κ1) is 16.1. The summed E-state index contributed by atoms with van der Waals surface area (Å²) in [5.74, 6) is 5.01. The van der Waals surface area contributed by atoms with Crippen LogP contribution < -0.4 is 5.84 Å². The van der Waals surface area contributed by atoms with Crippen molar-refractivity contribution < 1.29 is 14.7 Å². The Bertz CT molecular complexity index is 1590. The quantitative estimate of drug-likeness (QED) is 0.216. The fourth-order valence-electron chi connectivity index (χ4n) is 4.87. The number of phenolic OH excluding ortho intramolecular Hbond substituents is 1. The van der Waals surface area contributed by atoms with Crippen molar-refractivity contribution >= 4 is 55.4 Å². The summed E-state index contributed by atoms with van der Waals surface area (Å²) in [7, 11) is 1.90. The third-order valence-electron chi connectivity index (χ3n) is 6.14. The molecule has 7 heteroatoms. The van der Waals surface area contributed by atoms with E-state index >= 15 is 0 Å². The normalized spacial score (nSPS) is 14.2. The van der Waals surface area contributed by atoms with E-state index in [0.29, 0.717) is 32.5 Å². The lowest BCUT2D eigenvalue weighted by atomic mass is 9.96. The van der Waals surface area contributed by atoms with Crippen molar-refractivity contribution in [2.24, 2.45) is 12.9 Å². The zero-order valence-electron chi connectivity index (χ0n) is 15.7. The topological polar surface area (TPSA) is 104 Å². The van der Waals surface area contributed by atoms with Crippen LogP contribution in [0.4, 0.5) is 0 Å². The number of nitrogens with zero attached hydrogens (tertiary/aromatic N) is 2. The third kappa shape index (κ3) is 1.68. The van der Waals surface area contributed by atoms with Gasteiger partial charge in [-0.15, -0.1) is 0 Å². The lowest BCUT2D eigenvalue weighted by Gasteiger charge is -2.05. The van der Waals surface area contributed by atoms with E-state index in [0.717, 1.165) is 32.8 Å². The molecule has 5 aromatic rings. The number of hydrogen-bond donors (Lipinski definition) is 3. The van der Waals surface area contributed by atoms with Crippen LogP contribution >= 0.6 is 0 Å². The molecule has 0 saturated carbocycles. The number of phenols is 1. The van der Waals surface area contributed by atoms with Crippen molar-refractivity contribution in [3.05, 3.63) is 53.1 Å². The van der Waals surface area contributed by atoms with E-state index < -0.39 is 11.8 Å². The number of hydrazine groups is 1. The Kier molecular flexibility index (Phi) is 2.76. The van der Waals surface area contributed by atoms with Gasteiger partial charge in [0.1, 0.15) is 5.75 Å². The fourth-order valence-corrected chi connectivity index (χ4v) is 4.87. The number of para-hydroxylation sites is 1. The molecule has 3 aromatic carbocycles. The molecule has 1 aliphatic rings. The molecule has 29 heavy (non-hydrogen) atoms. The number of aromatic hydroxyl groups is 1. The highest BCUT2D eigenvalue weighted by atomic mass is 16.3. The molecule has 0 aliphatic carbocycles. The SMILES string of the molecule is Cc1c(O)ccc2c3c4c(c5c6ccccc6[nH]c5c3n(C)c12)C(=O)N(N)C4=O. The minimum absolute atomic E-state index is 0.177. The number of H-pyrrole nitrogens is 1. The molecule has 0 atom stereocenters. The molecule has 0 fully saturated rings. The average molecular weight is 384 g/mol. The second-order valence-corrected chi connectivity index (χ2v) is 7.54. The van der Waals surface area contributed by atoms with E-state index in [2.05, 4.69) is 4.98 Å². The summed E-state index contributed by atoms with van der Waals surface area (Å²) < 4.78 is 1.97. The number of nitrogens with one attached hydrogen (secondary N) is 1. The molecule has 7 nitrogen and oxygen atoms in total. The monoisotopic (exact) mass is 384 g/mol. The maximum Gasteiger partial charge on any atom is 0.276 e. The summed E-state index contributed by atoms with van der Waals surface area (Å²) in [6.07, 6.45) is 0. The van der Waals surface area contributed by atoms with Gasteiger partial charge < -0.3 is 14.7 Å².